The molecular formula is C10H11NO2. The van der Waals surface area contributed by atoms with Gasteiger partial charge in [0.05, 0.1) is 5.57 Å². The first kappa shape index (κ1) is 9.32. The zero-order valence-corrected chi connectivity index (χ0v) is 7.32. The molecule has 0 aliphatic heterocycles. The van der Waals surface area contributed by atoms with Crippen LogP contribution in [0.25, 0.3) is 5.70 Å². The van der Waals surface area contributed by atoms with Gasteiger partial charge in [-0.05, 0) is 12.5 Å². The second-order valence-corrected chi connectivity index (χ2v) is 2.71. The van der Waals surface area contributed by atoms with E-state index in [2.05, 4.69) is 0 Å². The summed E-state index contributed by atoms with van der Waals surface area (Å²) in [6, 6.07) is 9.05. The number of nitrogens with two attached hydrogens (primary N) is 1. The molecule has 3 nitrogen and oxygen atoms in total. The van der Waals surface area contributed by atoms with Crippen molar-refractivity contribution in [1.29, 1.82) is 0 Å². The predicted octanol–water partition coefficient (Wildman–Crippen LogP) is 1.46. The number of carbonyl (C=O) groups is 1. The molecule has 1 aromatic rings. The van der Waals surface area contributed by atoms with Crippen LogP contribution in [0.5, 0.6) is 0 Å². The van der Waals surface area contributed by atoms with Crippen molar-refractivity contribution in [3.05, 3.63) is 41.5 Å². The number of carboxylic acid groups (broad SMARTS) is 1. The van der Waals surface area contributed by atoms with Gasteiger partial charge < -0.3 is 10.8 Å². The molecule has 0 aliphatic rings. The minimum absolute atomic E-state index is 0.172. The van der Waals surface area contributed by atoms with Crippen molar-refractivity contribution in [2.45, 2.75) is 6.92 Å². The fourth-order valence-corrected chi connectivity index (χ4v) is 0.949. The number of hydrogen-bond donors (Lipinski definition) is 2. The maximum atomic E-state index is 10.6. The predicted molar refractivity (Wildman–Crippen MR) is 50.9 cm³/mol. The van der Waals surface area contributed by atoms with Gasteiger partial charge in [-0.2, -0.15) is 0 Å². The molecule has 1 aromatic carbocycles. The second-order valence-electron chi connectivity index (χ2n) is 2.71. The van der Waals surface area contributed by atoms with Gasteiger partial charge in [-0.15, -0.1) is 0 Å². The molecule has 13 heavy (non-hydrogen) atoms. The molecule has 0 atom stereocenters. The van der Waals surface area contributed by atoms with Crippen molar-refractivity contribution in [3.8, 4) is 0 Å². The van der Waals surface area contributed by atoms with Crippen molar-refractivity contribution in [2.75, 3.05) is 0 Å². The summed E-state index contributed by atoms with van der Waals surface area (Å²) < 4.78 is 0. The van der Waals surface area contributed by atoms with E-state index in [4.69, 9.17) is 10.8 Å². The van der Waals surface area contributed by atoms with E-state index in [9.17, 15) is 4.79 Å². The number of aliphatic carboxylic acids is 1. The van der Waals surface area contributed by atoms with E-state index in [0.29, 0.717) is 5.70 Å². The van der Waals surface area contributed by atoms with Crippen LogP contribution in [0.2, 0.25) is 0 Å². The Morgan fingerprint density at radius 1 is 1.31 bits per heavy atom. The van der Waals surface area contributed by atoms with Crippen LogP contribution in [0.1, 0.15) is 12.5 Å². The third-order valence-corrected chi connectivity index (χ3v) is 1.81. The summed E-state index contributed by atoms with van der Waals surface area (Å²) in [6.07, 6.45) is 0. The highest BCUT2D eigenvalue weighted by Gasteiger charge is 2.06. The maximum absolute atomic E-state index is 10.6. The first-order valence-corrected chi connectivity index (χ1v) is 3.88. The lowest BCUT2D eigenvalue weighted by Gasteiger charge is -2.03. The molecule has 0 saturated carbocycles. The fraction of sp³-hybridized carbons (Fsp3) is 0.100. The van der Waals surface area contributed by atoms with E-state index in [-0.39, 0.29) is 5.57 Å². The highest BCUT2D eigenvalue weighted by Crippen LogP contribution is 2.12. The molecule has 0 saturated heterocycles. The Hall–Kier alpha value is -1.77. The molecule has 0 fully saturated rings. The largest absolute Gasteiger partial charge is 0.478 e. The SMILES string of the molecule is CC(C(=O)O)=C(N)c1ccccc1. The quantitative estimate of drug-likeness (QED) is 0.672. The third-order valence-electron chi connectivity index (χ3n) is 1.81. The first-order valence-electron chi connectivity index (χ1n) is 3.88. The molecule has 0 bridgehead atoms. The van der Waals surface area contributed by atoms with Gasteiger partial charge in [0.2, 0.25) is 0 Å². The van der Waals surface area contributed by atoms with Gasteiger partial charge in [-0.1, -0.05) is 30.3 Å². The summed E-state index contributed by atoms with van der Waals surface area (Å²) in [5, 5.41) is 8.68. The Morgan fingerprint density at radius 3 is 2.31 bits per heavy atom. The van der Waals surface area contributed by atoms with Gasteiger partial charge >= 0.3 is 5.97 Å². The Balaban J connectivity index is 3.11. The standard InChI is InChI=1S/C10H11NO2/c1-7(10(12)13)9(11)8-5-3-2-4-6-8/h2-6H,11H2,1H3,(H,12,13). The van der Waals surface area contributed by atoms with Crippen LogP contribution in [-0.2, 0) is 4.79 Å². The van der Waals surface area contributed by atoms with E-state index in [1.54, 1.807) is 12.1 Å². The topological polar surface area (TPSA) is 63.3 Å². The molecule has 0 aliphatic carbocycles. The Kier molecular flexibility index (Phi) is 2.69. The molecule has 0 aromatic heterocycles. The number of rotatable bonds is 2. The Labute approximate surface area is 76.5 Å². The van der Waals surface area contributed by atoms with Crippen LogP contribution in [0.3, 0.4) is 0 Å². The third kappa shape index (κ3) is 2.08. The highest BCUT2D eigenvalue weighted by atomic mass is 16.4. The molecule has 3 N–H and O–H groups in total. The van der Waals surface area contributed by atoms with E-state index in [1.807, 2.05) is 18.2 Å². The van der Waals surface area contributed by atoms with Gasteiger partial charge in [-0.3, -0.25) is 0 Å². The second kappa shape index (κ2) is 3.76. The summed E-state index contributed by atoms with van der Waals surface area (Å²) in [4.78, 5) is 10.6. The van der Waals surface area contributed by atoms with Gasteiger partial charge in [-0.25, -0.2) is 4.79 Å². The Morgan fingerprint density at radius 2 is 1.85 bits per heavy atom. The minimum Gasteiger partial charge on any atom is -0.478 e. The Bertz CT molecular complexity index is 341. The molecule has 3 heteroatoms. The molecule has 1 rings (SSSR count). The summed E-state index contributed by atoms with van der Waals surface area (Å²) in [5.74, 6) is -0.985. The summed E-state index contributed by atoms with van der Waals surface area (Å²) in [5.41, 5.74) is 6.86. The zero-order chi connectivity index (χ0) is 9.84. The van der Waals surface area contributed by atoms with Gasteiger partial charge in [0.1, 0.15) is 0 Å². The average Bonchev–Trinajstić information content (AvgIpc) is 2.17. The van der Waals surface area contributed by atoms with E-state index in [0.717, 1.165) is 5.56 Å². The van der Waals surface area contributed by atoms with Crippen LogP contribution in [0.15, 0.2) is 35.9 Å². The van der Waals surface area contributed by atoms with Crippen molar-refractivity contribution < 1.29 is 9.90 Å². The number of hydrogen-bond acceptors (Lipinski definition) is 2. The smallest absolute Gasteiger partial charge is 0.333 e. The highest BCUT2D eigenvalue weighted by molar-refractivity contribution is 5.94. The molecule has 0 heterocycles. The average molecular weight is 177 g/mol. The minimum atomic E-state index is -0.985. The first-order chi connectivity index (χ1) is 6.13. The lowest BCUT2D eigenvalue weighted by atomic mass is 10.1. The lowest BCUT2D eigenvalue weighted by Crippen LogP contribution is -2.06. The van der Waals surface area contributed by atoms with Gasteiger partial charge in [0, 0.05) is 5.70 Å². The molecule has 0 unspecified atom stereocenters. The zero-order valence-electron chi connectivity index (χ0n) is 7.32. The molecule has 0 spiro atoms. The molecule has 0 radical (unpaired) electrons. The van der Waals surface area contributed by atoms with Crippen molar-refractivity contribution in [2.24, 2.45) is 5.73 Å². The van der Waals surface area contributed by atoms with Gasteiger partial charge in [0.15, 0.2) is 0 Å². The molecule has 68 valence electrons. The molecular weight excluding hydrogens is 166 g/mol. The van der Waals surface area contributed by atoms with E-state index >= 15 is 0 Å². The fourth-order valence-electron chi connectivity index (χ4n) is 0.949. The lowest BCUT2D eigenvalue weighted by molar-refractivity contribution is -0.132. The van der Waals surface area contributed by atoms with Gasteiger partial charge in [0.25, 0.3) is 0 Å². The van der Waals surface area contributed by atoms with Crippen LogP contribution in [-0.4, -0.2) is 11.1 Å². The maximum Gasteiger partial charge on any atom is 0.333 e. The number of benzene rings is 1. The summed E-state index contributed by atoms with van der Waals surface area (Å²) in [6.45, 7) is 1.49. The van der Waals surface area contributed by atoms with E-state index < -0.39 is 5.97 Å². The summed E-state index contributed by atoms with van der Waals surface area (Å²) in [7, 11) is 0. The van der Waals surface area contributed by atoms with E-state index in [1.165, 1.54) is 6.92 Å². The monoisotopic (exact) mass is 177 g/mol. The van der Waals surface area contributed by atoms with Crippen LogP contribution in [0.4, 0.5) is 0 Å². The van der Waals surface area contributed by atoms with Crippen LogP contribution < -0.4 is 5.73 Å². The summed E-state index contributed by atoms with van der Waals surface area (Å²) >= 11 is 0. The number of carboxylic acids is 1. The van der Waals surface area contributed by atoms with Crippen LogP contribution >= 0.6 is 0 Å². The van der Waals surface area contributed by atoms with Crippen molar-refractivity contribution in [1.82, 2.24) is 0 Å². The molecule has 0 amide bonds. The van der Waals surface area contributed by atoms with Crippen molar-refractivity contribution in [3.63, 3.8) is 0 Å². The van der Waals surface area contributed by atoms with Crippen molar-refractivity contribution >= 4 is 11.7 Å². The normalized spacial score (nSPS) is 12.1. The van der Waals surface area contributed by atoms with Crippen LogP contribution in [0, 0.1) is 0 Å².